The number of hydrogen-bond donors (Lipinski definition) is 4. The molecule has 2 aliphatic rings. The summed E-state index contributed by atoms with van der Waals surface area (Å²) in [6.07, 6.45) is 4.94. The number of aliphatic hydroxyl groups excluding tert-OH is 1. The predicted molar refractivity (Wildman–Crippen MR) is 280 cm³/mol. The van der Waals surface area contributed by atoms with Crippen molar-refractivity contribution in [3.05, 3.63) is 99.4 Å². The molecule has 2 aromatic carbocycles. The molecule has 3 heterocycles. The number of unbranched alkanes of at least 4 members (excludes halogenated alkanes) is 1. The second kappa shape index (κ2) is 23.8. The SMILES string of the molecule is CCO/N=C(\CCCCC(=O)N[C@H](C(=O)N1C[C@H](O)C[C@H]1C(=O)N[C@@H](C)c1ccc(-c2scnc2C)cc1)C(C)(C)C)CCCc1ccc(C(=O)NC2C(C)(C)C(Oc3ccc(C#N)c(Cl)c3)C2(C)C)nc1. The molecule has 1 saturated carbocycles. The number of thiazole rings is 1. The molecule has 0 unspecified atom stereocenters. The van der Waals surface area contributed by atoms with E-state index in [2.05, 4.69) is 64.8 Å². The molecule has 2 fully saturated rings. The number of aryl methyl sites for hydroxylation is 2. The zero-order valence-corrected chi connectivity index (χ0v) is 44.9. The Morgan fingerprint density at radius 2 is 1.68 bits per heavy atom. The minimum atomic E-state index is -0.920. The maximum Gasteiger partial charge on any atom is 0.270 e. The summed E-state index contributed by atoms with van der Waals surface area (Å²) in [6.45, 7) is 20.0. The lowest BCUT2D eigenvalue weighted by molar-refractivity contribution is -0.164. The number of amides is 4. The molecule has 0 spiro atoms. The molecule has 72 heavy (non-hydrogen) atoms. The Hall–Kier alpha value is -5.89. The molecule has 1 saturated heterocycles. The van der Waals surface area contributed by atoms with E-state index in [1.807, 2.05) is 77.4 Å². The number of rotatable bonds is 21. The number of nitrogens with one attached hydrogen (secondary N) is 3. The van der Waals surface area contributed by atoms with Crippen molar-refractivity contribution < 1.29 is 33.9 Å². The number of benzene rings is 2. The number of pyridine rings is 1. The van der Waals surface area contributed by atoms with Crippen LogP contribution in [-0.2, 0) is 25.6 Å². The van der Waals surface area contributed by atoms with Crippen LogP contribution in [0.15, 0.2) is 71.5 Å². The van der Waals surface area contributed by atoms with E-state index in [4.69, 9.17) is 21.2 Å². The van der Waals surface area contributed by atoms with Crippen LogP contribution in [0.3, 0.4) is 0 Å². The Morgan fingerprint density at radius 1 is 0.986 bits per heavy atom. The Bertz CT molecular complexity index is 2600. The Balaban J connectivity index is 0.945. The molecule has 1 aliphatic carbocycles. The normalized spacial score (nSPS) is 20.1. The Kier molecular flexibility index (Phi) is 18.3. The van der Waals surface area contributed by atoms with Crippen molar-refractivity contribution in [2.24, 2.45) is 21.4 Å². The second-order valence-electron chi connectivity index (χ2n) is 21.4. The van der Waals surface area contributed by atoms with Crippen molar-refractivity contribution in [3.63, 3.8) is 0 Å². The molecule has 4 atom stereocenters. The van der Waals surface area contributed by atoms with Crippen molar-refractivity contribution in [1.29, 1.82) is 5.26 Å². The Labute approximate surface area is 433 Å². The molecule has 0 radical (unpaired) electrons. The van der Waals surface area contributed by atoms with Gasteiger partial charge in [-0.2, -0.15) is 5.26 Å². The van der Waals surface area contributed by atoms with Gasteiger partial charge < -0.3 is 35.5 Å². The highest BCUT2D eigenvalue weighted by atomic mass is 35.5. The first kappa shape index (κ1) is 55.4. The largest absolute Gasteiger partial charge is 0.489 e. The average molecular weight is 1020 g/mol. The third-order valence-corrected chi connectivity index (χ3v) is 15.2. The molecule has 4 N–H and O–H groups in total. The number of aliphatic hydroxyl groups is 1. The quantitative estimate of drug-likeness (QED) is 0.0353. The molecule has 4 amide bonds. The number of likely N-dealkylation sites (tertiary alicyclic amines) is 1. The van der Waals surface area contributed by atoms with Crippen molar-refractivity contribution in [1.82, 2.24) is 30.8 Å². The molecule has 2 aromatic heterocycles. The van der Waals surface area contributed by atoms with Gasteiger partial charge in [0.1, 0.15) is 42.3 Å². The zero-order valence-electron chi connectivity index (χ0n) is 43.3. The van der Waals surface area contributed by atoms with E-state index in [-0.39, 0.29) is 55.3 Å². The molecule has 6 rings (SSSR count). The topological polar surface area (TPSA) is 208 Å². The average Bonchev–Trinajstić information content (AvgIpc) is 3.96. The van der Waals surface area contributed by atoms with E-state index in [0.717, 1.165) is 39.4 Å². The lowest BCUT2D eigenvalue weighted by Crippen LogP contribution is -2.74. The van der Waals surface area contributed by atoms with Crippen LogP contribution in [0.5, 0.6) is 5.75 Å². The van der Waals surface area contributed by atoms with Gasteiger partial charge in [-0.3, -0.25) is 24.2 Å². The summed E-state index contributed by atoms with van der Waals surface area (Å²) in [5.41, 5.74) is 5.80. The van der Waals surface area contributed by atoms with Gasteiger partial charge in [-0.25, -0.2) is 4.98 Å². The van der Waals surface area contributed by atoms with Crippen LogP contribution in [0.2, 0.25) is 5.02 Å². The third-order valence-electron chi connectivity index (χ3n) is 13.9. The molecule has 17 heteroatoms. The summed E-state index contributed by atoms with van der Waals surface area (Å²) in [5.74, 6) is -0.733. The van der Waals surface area contributed by atoms with Crippen LogP contribution in [0.25, 0.3) is 10.4 Å². The van der Waals surface area contributed by atoms with Crippen LogP contribution < -0.4 is 20.7 Å². The van der Waals surface area contributed by atoms with Crippen LogP contribution in [0.4, 0.5) is 0 Å². The number of carbonyl (C=O) groups excluding carboxylic acids is 4. The van der Waals surface area contributed by atoms with Crippen molar-refractivity contribution in [3.8, 4) is 22.3 Å². The van der Waals surface area contributed by atoms with Gasteiger partial charge in [0.2, 0.25) is 17.7 Å². The van der Waals surface area contributed by atoms with Gasteiger partial charge in [-0.05, 0) is 99.6 Å². The number of nitrogens with zero attached hydrogens (tertiary/aromatic N) is 5. The second-order valence-corrected chi connectivity index (χ2v) is 22.6. The van der Waals surface area contributed by atoms with Gasteiger partial charge in [-0.1, -0.05) is 95.6 Å². The Morgan fingerprint density at radius 3 is 2.29 bits per heavy atom. The minimum absolute atomic E-state index is 0.00644. The monoisotopic (exact) mass is 1020 g/mol. The van der Waals surface area contributed by atoms with Crippen LogP contribution >= 0.6 is 22.9 Å². The van der Waals surface area contributed by atoms with E-state index >= 15 is 0 Å². The summed E-state index contributed by atoms with van der Waals surface area (Å²) in [5, 5.41) is 33.9. The summed E-state index contributed by atoms with van der Waals surface area (Å²) in [4.78, 5) is 71.6. The highest BCUT2D eigenvalue weighted by Crippen LogP contribution is 2.55. The number of aromatic nitrogens is 2. The van der Waals surface area contributed by atoms with E-state index in [1.165, 1.54) is 4.90 Å². The zero-order chi connectivity index (χ0) is 52.5. The summed E-state index contributed by atoms with van der Waals surface area (Å²) in [7, 11) is 0. The van der Waals surface area contributed by atoms with Crippen molar-refractivity contribution >= 4 is 52.3 Å². The number of halogens is 1. The van der Waals surface area contributed by atoms with E-state index in [9.17, 15) is 29.5 Å². The van der Waals surface area contributed by atoms with Gasteiger partial charge in [0.25, 0.3) is 5.91 Å². The van der Waals surface area contributed by atoms with Gasteiger partial charge in [-0.15, -0.1) is 11.3 Å². The maximum atomic E-state index is 14.2. The fraction of sp³-hybridized carbons (Fsp3) is 0.527. The lowest BCUT2D eigenvalue weighted by atomic mass is 9.49. The third kappa shape index (κ3) is 13.4. The lowest BCUT2D eigenvalue weighted by Gasteiger charge is -2.63. The molecule has 386 valence electrons. The smallest absolute Gasteiger partial charge is 0.270 e. The van der Waals surface area contributed by atoms with E-state index in [1.54, 1.807) is 41.8 Å². The summed E-state index contributed by atoms with van der Waals surface area (Å²) in [6, 6.07) is 16.3. The number of carbonyl (C=O) groups is 4. The van der Waals surface area contributed by atoms with Crippen LogP contribution in [-0.4, -0.2) is 92.8 Å². The number of nitriles is 1. The number of hydrogen-bond acceptors (Lipinski definition) is 12. The molecule has 1 aliphatic heterocycles. The van der Waals surface area contributed by atoms with Gasteiger partial charge in [0.15, 0.2) is 0 Å². The van der Waals surface area contributed by atoms with E-state index < -0.39 is 40.3 Å². The number of β-amino-alcohol motifs (C(OH)–C–C–N with tert-alkyl or cyclic N) is 1. The standard InChI is InChI=1S/C55H71ClN8O7S/c1-11-70-63-39(17-14-15-35-19-26-43(58-30-35)48(67)62-51-54(7,8)52(55(51,9)10)71-41-25-24-38(29-57)42(56)28-41)16-12-13-18-45(66)61-47(53(4,5)6)50(69)64-31-40(65)27-44(64)49(68)60-33(2)36-20-22-37(23-21-36)46-34(3)59-32-72-46/h19-26,28,30,32-33,40,44,47,51-52,65H,11-18,27,31H2,1-10H3,(H,60,68)(H,61,66)(H,62,67)/b63-39+/t33-,40+,44-,47+,51?,52?/m0/s1. The highest BCUT2D eigenvalue weighted by molar-refractivity contribution is 7.13. The van der Waals surface area contributed by atoms with Gasteiger partial charge in [0.05, 0.1) is 44.5 Å². The first-order valence-corrected chi connectivity index (χ1v) is 26.2. The molecular weight excluding hydrogens is 952 g/mol. The maximum absolute atomic E-state index is 14.2. The van der Waals surface area contributed by atoms with Crippen LogP contribution in [0, 0.1) is 34.5 Å². The van der Waals surface area contributed by atoms with Gasteiger partial charge in [0, 0.05) is 48.5 Å². The van der Waals surface area contributed by atoms with E-state index in [0.29, 0.717) is 60.7 Å². The summed E-state index contributed by atoms with van der Waals surface area (Å²) >= 11 is 7.83. The van der Waals surface area contributed by atoms with Gasteiger partial charge >= 0.3 is 0 Å². The number of ether oxygens (including phenoxy) is 1. The first-order valence-electron chi connectivity index (χ1n) is 24.9. The molecule has 4 aromatic rings. The van der Waals surface area contributed by atoms with Crippen molar-refractivity contribution in [2.45, 2.75) is 157 Å². The highest BCUT2D eigenvalue weighted by Gasteiger charge is 2.64. The molecular formula is C55H71ClN8O7S. The van der Waals surface area contributed by atoms with Crippen LogP contribution in [0.1, 0.15) is 146 Å². The fourth-order valence-electron chi connectivity index (χ4n) is 10.2. The minimum Gasteiger partial charge on any atom is -0.489 e. The summed E-state index contributed by atoms with van der Waals surface area (Å²) < 4.78 is 6.37. The van der Waals surface area contributed by atoms with Crippen molar-refractivity contribution in [2.75, 3.05) is 13.2 Å². The molecule has 0 bridgehead atoms. The molecule has 15 nitrogen and oxygen atoms in total. The number of oxime groups is 1. The fourth-order valence-corrected chi connectivity index (χ4v) is 11.3. The predicted octanol–water partition coefficient (Wildman–Crippen LogP) is 9.30. The first-order chi connectivity index (χ1) is 34.0.